The van der Waals surface area contributed by atoms with Crippen molar-refractivity contribution in [2.45, 2.75) is 32.1 Å². The molecule has 128 valence electrons. The Balaban J connectivity index is 1.72. The topological polar surface area (TPSA) is 40.5 Å². The van der Waals surface area contributed by atoms with Gasteiger partial charge in [0.05, 0.1) is 12.7 Å². The van der Waals surface area contributed by atoms with E-state index < -0.39 is 0 Å². The number of carbonyl (C=O) groups excluding carboxylic acids is 1. The van der Waals surface area contributed by atoms with Crippen LogP contribution in [0, 0.1) is 11.8 Å². The summed E-state index contributed by atoms with van der Waals surface area (Å²) in [5, 5.41) is 1.23. The molecule has 2 aliphatic rings. The molecule has 1 aliphatic carbocycles. The Morgan fingerprint density at radius 2 is 2.00 bits per heavy atom. The summed E-state index contributed by atoms with van der Waals surface area (Å²) in [6.45, 7) is 1.83. The van der Waals surface area contributed by atoms with Gasteiger partial charge in [0.1, 0.15) is 0 Å². The lowest BCUT2D eigenvalue weighted by atomic mass is 9.75. The van der Waals surface area contributed by atoms with Crippen molar-refractivity contribution in [1.29, 1.82) is 0 Å². The number of aryl methyl sites for hydroxylation is 1. The molecule has 24 heavy (non-hydrogen) atoms. The Labute approximate surface area is 142 Å². The fraction of sp³-hybridized carbons (Fsp3) is 0.550. The van der Waals surface area contributed by atoms with Gasteiger partial charge in [-0.15, -0.1) is 0 Å². The van der Waals surface area contributed by atoms with Crippen LogP contribution >= 0.6 is 0 Å². The molecule has 0 radical (unpaired) electrons. The molecule has 2 heterocycles. The van der Waals surface area contributed by atoms with Crippen molar-refractivity contribution in [3.63, 3.8) is 0 Å². The number of carbonyl (C=O) groups is 1. The normalized spacial score (nSPS) is 21.7. The number of rotatable bonds is 2. The van der Waals surface area contributed by atoms with E-state index in [1.54, 1.807) is 0 Å². The van der Waals surface area contributed by atoms with E-state index in [-0.39, 0.29) is 5.97 Å². The lowest BCUT2D eigenvalue weighted by Gasteiger charge is -2.33. The SMILES string of the molecule is COC(=O)c1ccc2c(c1)c1c(n2C)CCC(C2CCOCC2)C1. The van der Waals surface area contributed by atoms with Gasteiger partial charge in [-0.05, 0) is 67.7 Å². The summed E-state index contributed by atoms with van der Waals surface area (Å²) in [5.74, 6) is 1.27. The van der Waals surface area contributed by atoms with Crippen LogP contribution in [0.15, 0.2) is 18.2 Å². The average Bonchev–Trinajstić information content (AvgIpc) is 2.93. The van der Waals surface area contributed by atoms with Crippen LogP contribution in [-0.4, -0.2) is 30.9 Å². The second-order valence-corrected chi connectivity index (χ2v) is 7.16. The maximum atomic E-state index is 11.9. The van der Waals surface area contributed by atoms with E-state index in [2.05, 4.69) is 17.7 Å². The molecule has 0 spiro atoms. The highest BCUT2D eigenvalue weighted by molar-refractivity contribution is 5.96. The number of ether oxygens (including phenoxy) is 2. The molecule has 1 saturated heterocycles. The van der Waals surface area contributed by atoms with Gasteiger partial charge in [0, 0.05) is 36.9 Å². The molecule has 1 unspecified atom stereocenters. The number of nitrogens with zero attached hydrogens (tertiary/aromatic N) is 1. The van der Waals surface area contributed by atoms with Crippen LogP contribution in [0.4, 0.5) is 0 Å². The summed E-state index contributed by atoms with van der Waals surface area (Å²) < 4.78 is 12.7. The predicted molar refractivity (Wildman–Crippen MR) is 93.3 cm³/mol. The van der Waals surface area contributed by atoms with Crippen molar-refractivity contribution >= 4 is 16.9 Å². The van der Waals surface area contributed by atoms with Crippen LogP contribution in [0.1, 0.15) is 40.9 Å². The Morgan fingerprint density at radius 3 is 2.75 bits per heavy atom. The molecular weight excluding hydrogens is 302 g/mol. The summed E-state index contributed by atoms with van der Waals surface area (Å²) in [6.07, 6.45) is 5.92. The number of hydrogen-bond acceptors (Lipinski definition) is 3. The molecule has 1 atom stereocenters. The highest BCUT2D eigenvalue weighted by atomic mass is 16.5. The zero-order valence-corrected chi connectivity index (χ0v) is 14.5. The smallest absolute Gasteiger partial charge is 0.337 e. The fourth-order valence-corrected chi connectivity index (χ4v) is 4.64. The van der Waals surface area contributed by atoms with Crippen LogP contribution in [-0.2, 0) is 29.4 Å². The average molecular weight is 327 g/mol. The quantitative estimate of drug-likeness (QED) is 0.793. The van der Waals surface area contributed by atoms with Gasteiger partial charge in [0.2, 0.25) is 0 Å². The van der Waals surface area contributed by atoms with E-state index in [0.29, 0.717) is 5.56 Å². The first-order valence-electron chi connectivity index (χ1n) is 8.95. The van der Waals surface area contributed by atoms with Gasteiger partial charge in [-0.2, -0.15) is 0 Å². The molecule has 2 aromatic rings. The number of fused-ring (bicyclic) bond motifs is 3. The van der Waals surface area contributed by atoms with Crippen molar-refractivity contribution in [2.75, 3.05) is 20.3 Å². The molecule has 0 saturated carbocycles. The Hall–Kier alpha value is -1.81. The lowest BCUT2D eigenvalue weighted by molar-refractivity contribution is 0.0439. The van der Waals surface area contributed by atoms with E-state index >= 15 is 0 Å². The van der Waals surface area contributed by atoms with Gasteiger partial charge in [0.15, 0.2) is 0 Å². The zero-order valence-electron chi connectivity index (χ0n) is 14.5. The van der Waals surface area contributed by atoms with E-state index in [1.165, 1.54) is 48.5 Å². The summed E-state index contributed by atoms with van der Waals surface area (Å²) >= 11 is 0. The number of esters is 1. The Bertz CT molecular complexity index is 771. The van der Waals surface area contributed by atoms with Crippen LogP contribution in [0.2, 0.25) is 0 Å². The highest BCUT2D eigenvalue weighted by Crippen LogP contribution is 2.39. The molecule has 4 nitrogen and oxygen atoms in total. The molecule has 0 bridgehead atoms. The first-order chi connectivity index (χ1) is 11.7. The Morgan fingerprint density at radius 1 is 1.21 bits per heavy atom. The van der Waals surface area contributed by atoms with Crippen molar-refractivity contribution in [3.05, 3.63) is 35.0 Å². The largest absolute Gasteiger partial charge is 0.465 e. The predicted octanol–water partition coefficient (Wildman–Crippen LogP) is 3.50. The number of benzene rings is 1. The minimum atomic E-state index is -0.258. The molecule has 0 amide bonds. The Kier molecular flexibility index (Phi) is 4.09. The van der Waals surface area contributed by atoms with Crippen LogP contribution in [0.25, 0.3) is 10.9 Å². The monoisotopic (exact) mass is 327 g/mol. The second kappa shape index (κ2) is 6.25. The minimum absolute atomic E-state index is 0.258. The van der Waals surface area contributed by atoms with Gasteiger partial charge >= 0.3 is 5.97 Å². The summed E-state index contributed by atoms with van der Waals surface area (Å²) in [7, 11) is 3.59. The number of hydrogen-bond donors (Lipinski definition) is 0. The summed E-state index contributed by atoms with van der Waals surface area (Å²) in [6, 6.07) is 5.95. The van der Waals surface area contributed by atoms with Gasteiger partial charge in [-0.25, -0.2) is 4.79 Å². The van der Waals surface area contributed by atoms with Crippen LogP contribution in [0.3, 0.4) is 0 Å². The summed E-state index contributed by atoms with van der Waals surface area (Å²) in [5.41, 5.74) is 4.75. The molecular formula is C20H25NO3. The maximum absolute atomic E-state index is 11.9. The molecule has 1 aromatic carbocycles. The molecule has 1 aliphatic heterocycles. The number of aromatic nitrogens is 1. The first kappa shape index (κ1) is 15.7. The molecule has 0 N–H and O–H groups in total. The highest BCUT2D eigenvalue weighted by Gasteiger charge is 2.30. The van der Waals surface area contributed by atoms with E-state index in [1.807, 2.05) is 12.1 Å². The maximum Gasteiger partial charge on any atom is 0.337 e. The molecule has 4 rings (SSSR count). The van der Waals surface area contributed by atoms with Gasteiger partial charge in [0.25, 0.3) is 0 Å². The van der Waals surface area contributed by atoms with Crippen LogP contribution < -0.4 is 0 Å². The minimum Gasteiger partial charge on any atom is -0.465 e. The fourth-order valence-electron chi connectivity index (χ4n) is 4.64. The zero-order chi connectivity index (χ0) is 16.7. The standard InChI is InChI=1S/C20H25NO3/c1-21-18-5-3-14(13-7-9-24-10-8-13)11-16(18)17-12-15(20(22)23-2)4-6-19(17)21/h4,6,12-14H,3,5,7-11H2,1-2H3. The second-order valence-electron chi connectivity index (χ2n) is 7.16. The van der Waals surface area contributed by atoms with Crippen molar-refractivity contribution in [3.8, 4) is 0 Å². The van der Waals surface area contributed by atoms with Crippen molar-refractivity contribution in [1.82, 2.24) is 4.57 Å². The molecule has 4 heteroatoms. The van der Waals surface area contributed by atoms with Gasteiger partial charge in [-0.1, -0.05) is 0 Å². The summed E-state index contributed by atoms with van der Waals surface area (Å²) in [4.78, 5) is 11.9. The first-order valence-corrected chi connectivity index (χ1v) is 8.95. The van der Waals surface area contributed by atoms with Gasteiger partial charge < -0.3 is 14.0 Å². The number of methoxy groups -OCH3 is 1. The lowest BCUT2D eigenvalue weighted by Crippen LogP contribution is -2.28. The van der Waals surface area contributed by atoms with Crippen molar-refractivity contribution < 1.29 is 14.3 Å². The van der Waals surface area contributed by atoms with E-state index in [4.69, 9.17) is 9.47 Å². The molecule has 1 aromatic heterocycles. The third-order valence-corrected chi connectivity index (χ3v) is 6.01. The van der Waals surface area contributed by atoms with E-state index in [0.717, 1.165) is 37.9 Å². The van der Waals surface area contributed by atoms with Gasteiger partial charge in [-0.3, -0.25) is 0 Å². The van der Waals surface area contributed by atoms with Crippen LogP contribution in [0.5, 0.6) is 0 Å². The van der Waals surface area contributed by atoms with E-state index in [9.17, 15) is 4.79 Å². The molecule has 1 fully saturated rings. The third-order valence-electron chi connectivity index (χ3n) is 6.01. The van der Waals surface area contributed by atoms with Crippen molar-refractivity contribution in [2.24, 2.45) is 18.9 Å². The third kappa shape index (κ3) is 2.53.